The van der Waals surface area contributed by atoms with E-state index in [0.29, 0.717) is 23.8 Å². The minimum atomic E-state index is 0.312. The molecule has 2 fully saturated rings. The van der Waals surface area contributed by atoms with Gasteiger partial charge in [0.2, 0.25) is 5.91 Å². The molecule has 1 amide bonds. The lowest BCUT2D eigenvalue weighted by molar-refractivity contribution is -0.140. The quantitative estimate of drug-likeness (QED) is 0.787. The molecule has 0 aromatic rings. The van der Waals surface area contributed by atoms with Crippen LogP contribution in [0, 0.1) is 11.8 Å². The van der Waals surface area contributed by atoms with E-state index in [4.69, 9.17) is 0 Å². The van der Waals surface area contributed by atoms with E-state index in [1.54, 1.807) is 0 Å². The Bertz CT molecular complexity index is 250. The van der Waals surface area contributed by atoms with Crippen LogP contribution in [-0.2, 0) is 4.79 Å². The molecule has 0 bridgehead atoms. The minimum absolute atomic E-state index is 0.312. The monoisotopic (exact) mass is 224 g/mol. The van der Waals surface area contributed by atoms with Gasteiger partial charge in [0.15, 0.2) is 0 Å². The fourth-order valence-electron chi connectivity index (χ4n) is 2.93. The van der Waals surface area contributed by atoms with Crippen molar-refractivity contribution in [2.75, 3.05) is 19.6 Å². The summed E-state index contributed by atoms with van der Waals surface area (Å²) in [7, 11) is 0. The number of rotatable bonds is 4. The van der Waals surface area contributed by atoms with Crippen LogP contribution < -0.4 is 5.32 Å². The Morgan fingerprint density at radius 1 is 1.38 bits per heavy atom. The molecule has 1 aliphatic carbocycles. The highest BCUT2D eigenvalue weighted by Crippen LogP contribution is 2.33. The smallest absolute Gasteiger partial charge is 0.226 e. The van der Waals surface area contributed by atoms with E-state index in [1.807, 2.05) is 0 Å². The molecular weight excluding hydrogens is 200 g/mol. The number of hydrogen-bond acceptors (Lipinski definition) is 2. The van der Waals surface area contributed by atoms with Gasteiger partial charge < -0.3 is 10.2 Å². The van der Waals surface area contributed by atoms with Gasteiger partial charge in [-0.3, -0.25) is 4.79 Å². The Morgan fingerprint density at radius 3 is 2.56 bits per heavy atom. The number of amides is 1. The van der Waals surface area contributed by atoms with Gasteiger partial charge in [-0.1, -0.05) is 20.3 Å². The maximum Gasteiger partial charge on any atom is 0.226 e. The van der Waals surface area contributed by atoms with Crippen molar-refractivity contribution in [3.63, 3.8) is 0 Å². The molecule has 3 nitrogen and oxygen atoms in total. The molecule has 1 saturated heterocycles. The number of carbonyl (C=O) groups is 1. The van der Waals surface area contributed by atoms with Gasteiger partial charge >= 0.3 is 0 Å². The third kappa shape index (κ3) is 2.24. The Balaban J connectivity index is 1.98. The molecule has 1 aliphatic heterocycles. The van der Waals surface area contributed by atoms with E-state index in [0.717, 1.165) is 32.5 Å². The highest BCUT2D eigenvalue weighted by atomic mass is 16.2. The summed E-state index contributed by atoms with van der Waals surface area (Å²) in [6.45, 7) is 7.32. The molecule has 2 atom stereocenters. The second-order valence-electron chi connectivity index (χ2n) is 5.36. The zero-order valence-electron chi connectivity index (χ0n) is 10.5. The maximum absolute atomic E-state index is 12.5. The topological polar surface area (TPSA) is 32.3 Å². The molecule has 0 radical (unpaired) electrons. The first-order valence-corrected chi connectivity index (χ1v) is 6.75. The normalized spacial score (nSPS) is 30.1. The second kappa shape index (κ2) is 5.17. The largest absolute Gasteiger partial charge is 0.337 e. The minimum Gasteiger partial charge on any atom is -0.337 e. The van der Waals surface area contributed by atoms with Crippen LogP contribution in [0.4, 0.5) is 0 Å². The number of hydrogen-bond donors (Lipinski definition) is 1. The van der Waals surface area contributed by atoms with Crippen molar-refractivity contribution in [1.82, 2.24) is 10.2 Å². The van der Waals surface area contributed by atoms with E-state index in [-0.39, 0.29) is 0 Å². The van der Waals surface area contributed by atoms with Crippen molar-refractivity contribution in [1.29, 1.82) is 0 Å². The molecule has 1 N–H and O–H groups in total. The van der Waals surface area contributed by atoms with Crippen LogP contribution in [0.25, 0.3) is 0 Å². The van der Waals surface area contributed by atoms with Gasteiger partial charge in [-0.25, -0.2) is 0 Å². The lowest BCUT2D eigenvalue weighted by Crippen LogP contribution is -2.60. The third-order valence-electron chi connectivity index (χ3n) is 4.13. The summed E-state index contributed by atoms with van der Waals surface area (Å²) in [5, 5.41) is 3.26. The number of nitrogens with zero attached hydrogens (tertiary/aromatic N) is 1. The van der Waals surface area contributed by atoms with Crippen molar-refractivity contribution >= 4 is 5.91 Å². The molecule has 0 aromatic carbocycles. The van der Waals surface area contributed by atoms with Crippen LogP contribution in [0.1, 0.15) is 39.5 Å². The first-order chi connectivity index (χ1) is 7.74. The van der Waals surface area contributed by atoms with Gasteiger partial charge in [-0.05, 0) is 25.2 Å². The van der Waals surface area contributed by atoms with Crippen molar-refractivity contribution in [3.8, 4) is 0 Å². The van der Waals surface area contributed by atoms with E-state index >= 15 is 0 Å². The highest BCUT2D eigenvalue weighted by Gasteiger charge is 2.36. The Hall–Kier alpha value is -0.570. The average Bonchev–Trinajstić information content (AvgIpc) is 2.60. The molecule has 1 saturated carbocycles. The van der Waals surface area contributed by atoms with Crippen LogP contribution in [-0.4, -0.2) is 36.5 Å². The fourth-order valence-corrected chi connectivity index (χ4v) is 2.93. The van der Waals surface area contributed by atoms with Crippen LogP contribution in [0.15, 0.2) is 0 Å². The predicted molar refractivity (Wildman–Crippen MR) is 65.2 cm³/mol. The van der Waals surface area contributed by atoms with Gasteiger partial charge in [0, 0.05) is 25.6 Å². The zero-order valence-corrected chi connectivity index (χ0v) is 10.5. The third-order valence-corrected chi connectivity index (χ3v) is 4.13. The van der Waals surface area contributed by atoms with Crippen molar-refractivity contribution in [2.45, 2.75) is 45.6 Å². The van der Waals surface area contributed by atoms with Crippen LogP contribution in [0.3, 0.4) is 0 Å². The molecule has 1 heterocycles. The zero-order chi connectivity index (χ0) is 11.5. The van der Waals surface area contributed by atoms with Crippen LogP contribution >= 0.6 is 0 Å². The molecular formula is C13H24N2O. The van der Waals surface area contributed by atoms with Crippen LogP contribution in [0.2, 0.25) is 0 Å². The number of nitrogens with one attached hydrogen (secondary N) is 1. The summed E-state index contributed by atoms with van der Waals surface area (Å²) in [5.74, 6) is 1.34. The SMILES string of the molecule is CCCN(C(=O)C1CCCC1C)C1CNC1. The number of carbonyl (C=O) groups excluding carboxylic acids is 1. The summed E-state index contributed by atoms with van der Waals surface area (Å²) in [4.78, 5) is 14.6. The van der Waals surface area contributed by atoms with E-state index in [2.05, 4.69) is 24.1 Å². The Morgan fingerprint density at radius 2 is 2.12 bits per heavy atom. The van der Waals surface area contributed by atoms with E-state index in [9.17, 15) is 4.79 Å². The Kier molecular flexibility index (Phi) is 3.85. The predicted octanol–water partition coefficient (Wildman–Crippen LogP) is 1.63. The highest BCUT2D eigenvalue weighted by molar-refractivity contribution is 5.80. The average molecular weight is 224 g/mol. The van der Waals surface area contributed by atoms with Gasteiger partial charge in [0.25, 0.3) is 0 Å². The standard InChI is InChI=1S/C13H24N2O/c1-3-7-15(11-8-14-9-11)13(16)12-6-4-5-10(12)2/h10-12,14H,3-9H2,1-2H3. The molecule has 0 spiro atoms. The first kappa shape index (κ1) is 11.9. The van der Waals surface area contributed by atoms with E-state index in [1.165, 1.54) is 12.8 Å². The van der Waals surface area contributed by atoms with Gasteiger partial charge in [0.1, 0.15) is 0 Å². The van der Waals surface area contributed by atoms with Gasteiger partial charge in [-0.15, -0.1) is 0 Å². The van der Waals surface area contributed by atoms with Gasteiger partial charge in [-0.2, -0.15) is 0 Å². The lowest BCUT2D eigenvalue weighted by Gasteiger charge is -2.40. The van der Waals surface area contributed by atoms with Crippen molar-refractivity contribution < 1.29 is 4.79 Å². The molecule has 2 rings (SSSR count). The van der Waals surface area contributed by atoms with E-state index < -0.39 is 0 Å². The fraction of sp³-hybridized carbons (Fsp3) is 0.923. The second-order valence-corrected chi connectivity index (χ2v) is 5.36. The maximum atomic E-state index is 12.5. The lowest BCUT2D eigenvalue weighted by atomic mass is 9.95. The summed E-state index contributed by atoms with van der Waals surface area (Å²) in [5.41, 5.74) is 0. The van der Waals surface area contributed by atoms with Gasteiger partial charge in [0.05, 0.1) is 6.04 Å². The first-order valence-electron chi connectivity index (χ1n) is 6.75. The van der Waals surface area contributed by atoms with Crippen LogP contribution in [0.5, 0.6) is 0 Å². The summed E-state index contributed by atoms with van der Waals surface area (Å²) >= 11 is 0. The summed E-state index contributed by atoms with van der Waals surface area (Å²) in [6.07, 6.45) is 4.66. The summed E-state index contributed by atoms with van der Waals surface area (Å²) in [6, 6.07) is 0.472. The van der Waals surface area contributed by atoms with Crippen molar-refractivity contribution in [3.05, 3.63) is 0 Å². The molecule has 3 heteroatoms. The molecule has 2 unspecified atom stereocenters. The molecule has 16 heavy (non-hydrogen) atoms. The summed E-state index contributed by atoms with van der Waals surface area (Å²) < 4.78 is 0. The Labute approximate surface area is 98.6 Å². The van der Waals surface area contributed by atoms with Crippen molar-refractivity contribution in [2.24, 2.45) is 11.8 Å². The molecule has 2 aliphatic rings. The molecule has 92 valence electrons. The molecule has 0 aromatic heterocycles.